The van der Waals surface area contributed by atoms with Crippen LogP contribution < -0.4 is 0 Å². The van der Waals surface area contributed by atoms with Gasteiger partial charge in [0.15, 0.2) is 0 Å². The van der Waals surface area contributed by atoms with Crippen LogP contribution in [-0.4, -0.2) is 42.5 Å². The molecule has 26 heavy (non-hydrogen) atoms. The van der Waals surface area contributed by atoms with Gasteiger partial charge in [0, 0.05) is 0 Å². The van der Waals surface area contributed by atoms with Crippen LogP contribution in [0.15, 0.2) is 48.5 Å². The van der Waals surface area contributed by atoms with E-state index in [1.165, 1.54) is 0 Å². The molecule has 2 aromatic carbocycles. The predicted molar refractivity (Wildman–Crippen MR) is 83.4 cm³/mol. The Hall–Kier alpha value is -1.07. The van der Waals surface area contributed by atoms with Gasteiger partial charge in [0.1, 0.15) is 5.25 Å². The van der Waals surface area contributed by atoms with Gasteiger partial charge in [-0.1, -0.05) is 24.3 Å². The molecule has 0 amide bonds. The molecule has 0 unspecified atom stereocenters. The van der Waals surface area contributed by atoms with Gasteiger partial charge in [-0.15, -0.1) is 0 Å². The molecule has 0 aliphatic heterocycles. The third-order valence-corrected chi connectivity index (χ3v) is 4.52. The molecule has 0 saturated carbocycles. The molecule has 0 fully saturated rings. The molecule has 138 valence electrons. The van der Waals surface area contributed by atoms with Gasteiger partial charge in [-0.25, -0.2) is 0 Å². The summed E-state index contributed by atoms with van der Waals surface area (Å²) in [4.78, 5) is 0. The molecule has 2 rings (SSSR count). The molecule has 3 nitrogen and oxygen atoms in total. The van der Waals surface area contributed by atoms with Gasteiger partial charge >= 0.3 is 41.9 Å². The Morgan fingerprint density at radius 1 is 0.692 bits per heavy atom. The van der Waals surface area contributed by atoms with E-state index < -0.39 is 38.8 Å². The molecule has 1 N–H and O–H groups in total. The molecule has 0 bridgehead atoms. The van der Waals surface area contributed by atoms with E-state index in [0.717, 1.165) is 24.3 Å². The van der Waals surface area contributed by atoms with Crippen molar-refractivity contribution in [3.05, 3.63) is 70.8 Å². The molecule has 0 aromatic heterocycles. The van der Waals surface area contributed by atoms with Crippen LogP contribution in [-0.2, 0) is 22.5 Å². The number of hydrogen-bond donors (Lipinski definition) is 1. The fraction of sp³-hybridized carbons (Fsp3) is 0.200. The summed E-state index contributed by atoms with van der Waals surface area (Å²) in [7, 11) is -4.83. The van der Waals surface area contributed by atoms with Gasteiger partial charge in [-0.3, -0.25) is 4.55 Å². The summed E-state index contributed by atoms with van der Waals surface area (Å²) in [5.41, 5.74) is -2.49. The zero-order valence-electron chi connectivity index (χ0n) is 12.1. The molecule has 0 spiro atoms. The second kappa shape index (κ2) is 7.89. The fourth-order valence-electron chi connectivity index (χ4n) is 2.23. The SMILES string of the molecule is O=S(=O)(O)C(c1ccc(C(F)(F)F)cc1)c1ccc(C(F)(F)F)cc1.[NaH]. The second-order valence-electron chi connectivity index (χ2n) is 5.13. The van der Waals surface area contributed by atoms with Crippen LogP contribution in [0.4, 0.5) is 26.3 Å². The van der Waals surface area contributed by atoms with Crippen molar-refractivity contribution in [2.24, 2.45) is 0 Å². The van der Waals surface area contributed by atoms with Crippen molar-refractivity contribution >= 4 is 39.7 Å². The monoisotopic (exact) mass is 408 g/mol. The van der Waals surface area contributed by atoms with Crippen LogP contribution in [0.1, 0.15) is 27.5 Å². The molecular formula is C15H11F6NaO3S. The summed E-state index contributed by atoms with van der Waals surface area (Å²) in [6.07, 6.45) is -9.28. The average Bonchev–Trinajstić information content (AvgIpc) is 2.45. The predicted octanol–water partition coefficient (Wildman–Crippen LogP) is 4.05. The van der Waals surface area contributed by atoms with Crippen LogP contribution >= 0.6 is 0 Å². The molecule has 0 heterocycles. The molecule has 2 aromatic rings. The van der Waals surface area contributed by atoms with E-state index in [-0.39, 0.29) is 40.7 Å². The van der Waals surface area contributed by atoms with E-state index in [2.05, 4.69) is 0 Å². The van der Waals surface area contributed by atoms with Crippen molar-refractivity contribution in [2.75, 3.05) is 0 Å². The Kier molecular flexibility index (Phi) is 6.97. The maximum absolute atomic E-state index is 12.6. The zero-order valence-corrected chi connectivity index (χ0v) is 13.0. The normalized spacial score (nSPS) is 12.8. The van der Waals surface area contributed by atoms with E-state index in [1.807, 2.05) is 0 Å². The van der Waals surface area contributed by atoms with Crippen molar-refractivity contribution in [3.8, 4) is 0 Å². The number of benzene rings is 2. The van der Waals surface area contributed by atoms with Crippen LogP contribution in [0.2, 0.25) is 0 Å². The summed E-state index contributed by atoms with van der Waals surface area (Å²) in [5.74, 6) is 0. The quantitative estimate of drug-likeness (QED) is 0.474. The van der Waals surface area contributed by atoms with Gasteiger partial charge in [0.2, 0.25) is 0 Å². The molecular weight excluding hydrogens is 397 g/mol. The molecule has 11 heteroatoms. The third-order valence-electron chi connectivity index (χ3n) is 3.38. The summed E-state index contributed by atoms with van der Waals surface area (Å²) in [6.45, 7) is 0. The summed E-state index contributed by atoms with van der Waals surface area (Å²) in [5, 5.41) is -1.81. The van der Waals surface area contributed by atoms with Gasteiger partial charge < -0.3 is 0 Å². The average molecular weight is 408 g/mol. The van der Waals surface area contributed by atoms with E-state index in [0.29, 0.717) is 24.3 Å². The molecule has 0 aliphatic rings. The molecule has 0 saturated heterocycles. The van der Waals surface area contributed by atoms with E-state index in [4.69, 9.17) is 0 Å². The van der Waals surface area contributed by atoms with Crippen molar-refractivity contribution in [1.82, 2.24) is 0 Å². The Bertz CT molecular complexity index is 785. The van der Waals surface area contributed by atoms with Crippen LogP contribution in [0.5, 0.6) is 0 Å². The number of hydrogen-bond acceptors (Lipinski definition) is 2. The Morgan fingerprint density at radius 3 is 1.15 bits per heavy atom. The van der Waals surface area contributed by atoms with Gasteiger partial charge in [0.25, 0.3) is 10.1 Å². The van der Waals surface area contributed by atoms with E-state index in [9.17, 15) is 39.3 Å². The van der Waals surface area contributed by atoms with Crippen molar-refractivity contribution in [2.45, 2.75) is 17.6 Å². The summed E-state index contributed by atoms with van der Waals surface area (Å²) >= 11 is 0. The maximum atomic E-state index is 12.6. The minimum absolute atomic E-state index is 0. The standard InChI is InChI=1S/C15H10F6O3S.Na.H/c16-14(17,18)11-5-1-9(2-6-11)13(25(22,23)24)10-3-7-12(8-4-10)15(19,20)21;;/h1-8,13H,(H,22,23,24);;. The number of alkyl halides is 6. The van der Waals surface area contributed by atoms with Crippen LogP contribution in [0.3, 0.4) is 0 Å². The molecule has 0 radical (unpaired) electrons. The zero-order chi connectivity index (χ0) is 19.0. The van der Waals surface area contributed by atoms with Gasteiger partial charge in [0.05, 0.1) is 11.1 Å². The Morgan fingerprint density at radius 2 is 0.962 bits per heavy atom. The van der Waals surface area contributed by atoms with Crippen molar-refractivity contribution in [3.63, 3.8) is 0 Å². The minimum atomic E-state index is -4.83. The van der Waals surface area contributed by atoms with Crippen molar-refractivity contribution in [1.29, 1.82) is 0 Å². The Labute approximate surface area is 167 Å². The second-order valence-corrected chi connectivity index (χ2v) is 6.64. The van der Waals surface area contributed by atoms with Crippen LogP contribution in [0.25, 0.3) is 0 Å². The van der Waals surface area contributed by atoms with Crippen LogP contribution in [0, 0.1) is 0 Å². The van der Waals surface area contributed by atoms with E-state index in [1.54, 1.807) is 0 Å². The van der Waals surface area contributed by atoms with Crippen molar-refractivity contribution < 1.29 is 39.3 Å². The summed E-state index contributed by atoms with van der Waals surface area (Å²) < 4.78 is 108. The summed E-state index contributed by atoms with van der Waals surface area (Å²) in [6, 6.07) is 5.88. The first kappa shape index (κ1) is 23.0. The topological polar surface area (TPSA) is 54.4 Å². The third kappa shape index (κ3) is 5.46. The first-order chi connectivity index (χ1) is 11.3. The fourth-order valence-corrected chi connectivity index (χ4v) is 3.23. The van der Waals surface area contributed by atoms with E-state index >= 15 is 0 Å². The molecule has 0 aliphatic carbocycles. The Balaban J connectivity index is 0.00000338. The first-order valence-electron chi connectivity index (χ1n) is 6.61. The number of rotatable bonds is 3. The molecule has 0 atom stereocenters. The van der Waals surface area contributed by atoms with Gasteiger partial charge in [-0.05, 0) is 35.4 Å². The number of halogens is 6. The van der Waals surface area contributed by atoms with Gasteiger partial charge in [-0.2, -0.15) is 34.8 Å². The first-order valence-corrected chi connectivity index (χ1v) is 8.11.